The van der Waals surface area contributed by atoms with E-state index < -0.39 is 0 Å². The van der Waals surface area contributed by atoms with Gasteiger partial charge in [-0.3, -0.25) is 0 Å². The van der Waals surface area contributed by atoms with E-state index in [1.165, 1.54) is 22.6 Å². The van der Waals surface area contributed by atoms with E-state index in [2.05, 4.69) is 111 Å². The summed E-state index contributed by atoms with van der Waals surface area (Å²) < 4.78 is 2.16. The van der Waals surface area contributed by atoms with Crippen molar-refractivity contribution >= 4 is 11.5 Å². The van der Waals surface area contributed by atoms with Gasteiger partial charge in [0.15, 0.2) is 6.17 Å². The molecule has 0 amide bonds. The average Bonchev–Trinajstić information content (AvgIpc) is 2.90. The van der Waals surface area contributed by atoms with Gasteiger partial charge in [-0.1, -0.05) is 39.0 Å². The van der Waals surface area contributed by atoms with Gasteiger partial charge in [-0.25, -0.2) is 9.47 Å². The second kappa shape index (κ2) is 6.55. The molecule has 1 atom stereocenters. The molecule has 25 heavy (non-hydrogen) atoms. The zero-order valence-corrected chi connectivity index (χ0v) is 16.3. The summed E-state index contributed by atoms with van der Waals surface area (Å²) in [6.07, 6.45) is 7.80. The van der Waals surface area contributed by atoms with Crippen LogP contribution in [0.3, 0.4) is 0 Å². The van der Waals surface area contributed by atoms with Crippen LogP contribution in [-0.4, -0.2) is 6.17 Å². The Morgan fingerprint density at radius 1 is 1.04 bits per heavy atom. The van der Waals surface area contributed by atoms with E-state index in [0.29, 0.717) is 5.41 Å². The molecule has 0 radical (unpaired) electrons. The molecule has 0 spiro atoms. The van der Waals surface area contributed by atoms with Crippen molar-refractivity contribution in [1.29, 1.82) is 0 Å². The van der Waals surface area contributed by atoms with Crippen LogP contribution in [-0.2, 0) is 13.5 Å². The standard InChI is InChI=1S/C22H30N3/c1-17-10-11-19(16-22(3,4)5)15-20(17)24-13-14-25(18(24)2)21-9-7-8-12-23(21)6/h7-15,18H,16H2,1-6H3/q+1/t18-/m1/s1. The Morgan fingerprint density at radius 3 is 2.44 bits per heavy atom. The summed E-state index contributed by atoms with van der Waals surface area (Å²) in [6, 6.07) is 13.2. The fourth-order valence-electron chi connectivity index (χ4n) is 3.51. The first-order chi connectivity index (χ1) is 11.8. The molecule has 3 heteroatoms. The van der Waals surface area contributed by atoms with Crippen LogP contribution in [0.4, 0.5) is 11.5 Å². The summed E-state index contributed by atoms with van der Waals surface area (Å²) in [5, 5.41) is 0. The smallest absolute Gasteiger partial charge is 0.282 e. The number of pyridine rings is 1. The Bertz CT molecular complexity index is 786. The molecule has 3 nitrogen and oxygen atoms in total. The van der Waals surface area contributed by atoms with Crippen molar-refractivity contribution < 1.29 is 4.57 Å². The molecule has 1 aromatic carbocycles. The lowest BCUT2D eigenvalue weighted by Crippen LogP contribution is -2.43. The zero-order chi connectivity index (χ0) is 18.2. The number of benzene rings is 1. The van der Waals surface area contributed by atoms with E-state index in [1.807, 2.05) is 0 Å². The maximum absolute atomic E-state index is 2.37. The lowest BCUT2D eigenvalue weighted by molar-refractivity contribution is -0.658. The van der Waals surface area contributed by atoms with Gasteiger partial charge in [-0.15, -0.1) is 0 Å². The number of hydrogen-bond acceptors (Lipinski definition) is 2. The lowest BCUT2D eigenvalue weighted by atomic mass is 9.87. The first-order valence-electron chi connectivity index (χ1n) is 9.05. The average molecular weight is 337 g/mol. The Kier molecular flexibility index (Phi) is 4.59. The predicted molar refractivity (Wildman–Crippen MR) is 106 cm³/mol. The van der Waals surface area contributed by atoms with Gasteiger partial charge in [0.2, 0.25) is 0 Å². The molecular formula is C22H30N3+. The normalized spacial score (nSPS) is 17.4. The van der Waals surface area contributed by atoms with E-state index in [9.17, 15) is 0 Å². The summed E-state index contributed by atoms with van der Waals surface area (Å²) in [6.45, 7) is 11.3. The van der Waals surface area contributed by atoms with Crippen molar-refractivity contribution in [2.45, 2.75) is 47.2 Å². The molecule has 0 saturated heterocycles. The van der Waals surface area contributed by atoms with Crippen molar-refractivity contribution in [3.05, 3.63) is 66.1 Å². The summed E-state index contributed by atoms with van der Waals surface area (Å²) in [7, 11) is 2.09. The predicted octanol–water partition coefficient (Wildman–Crippen LogP) is 4.55. The minimum Gasteiger partial charge on any atom is -0.305 e. The number of nitrogens with zero attached hydrogens (tertiary/aromatic N) is 3. The number of anilines is 2. The van der Waals surface area contributed by atoms with Gasteiger partial charge in [0.1, 0.15) is 6.20 Å². The quantitative estimate of drug-likeness (QED) is 0.761. The Hall–Kier alpha value is -2.29. The maximum atomic E-state index is 2.37. The van der Waals surface area contributed by atoms with Crippen LogP contribution in [0.15, 0.2) is 55.0 Å². The number of hydrogen-bond donors (Lipinski definition) is 0. The van der Waals surface area contributed by atoms with E-state index in [4.69, 9.17) is 0 Å². The highest BCUT2D eigenvalue weighted by Gasteiger charge is 2.32. The summed E-state index contributed by atoms with van der Waals surface area (Å²) >= 11 is 0. The highest BCUT2D eigenvalue weighted by atomic mass is 15.4. The van der Waals surface area contributed by atoms with Crippen LogP contribution in [0.2, 0.25) is 0 Å². The molecule has 2 aromatic rings. The highest BCUT2D eigenvalue weighted by molar-refractivity contribution is 5.62. The summed E-state index contributed by atoms with van der Waals surface area (Å²) in [5.74, 6) is 1.19. The third kappa shape index (κ3) is 3.71. The van der Waals surface area contributed by atoms with Gasteiger partial charge >= 0.3 is 0 Å². The fraction of sp³-hybridized carbons (Fsp3) is 0.409. The first kappa shape index (κ1) is 17.5. The van der Waals surface area contributed by atoms with Crippen molar-refractivity contribution in [2.24, 2.45) is 12.5 Å². The van der Waals surface area contributed by atoms with Gasteiger partial charge in [-0.2, -0.15) is 0 Å². The number of aryl methyl sites for hydroxylation is 2. The van der Waals surface area contributed by atoms with Crippen LogP contribution in [0.1, 0.15) is 38.8 Å². The second-order valence-electron chi connectivity index (χ2n) is 8.27. The molecule has 0 aliphatic carbocycles. The van der Waals surface area contributed by atoms with Gasteiger partial charge in [-0.05, 0) is 48.9 Å². The third-order valence-electron chi connectivity index (χ3n) is 4.77. The van der Waals surface area contributed by atoms with Crippen LogP contribution in [0.5, 0.6) is 0 Å². The molecule has 0 unspecified atom stereocenters. The topological polar surface area (TPSA) is 10.4 Å². The monoisotopic (exact) mass is 336 g/mol. The van der Waals surface area contributed by atoms with Crippen LogP contribution in [0.25, 0.3) is 0 Å². The van der Waals surface area contributed by atoms with Crippen LogP contribution in [0, 0.1) is 12.3 Å². The van der Waals surface area contributed by atoms with Crippen LogP contribution < -0.4 is 14.4 Å². The molecule has 1 aromatic heterocycles. The largest absolute Gasteiger partial charge is 0.305 e. The SMILES string of the molecule is Cc1ccc(CC(C)(C)C)cc1N1C=CN(c2cccc[n+]2C)[C@@H]1C. The van der Waals surface area contributed by atoms with E-state index >= 15 is 0 Å². The fourth-order valence-corrected chi connectivity index (χ4v) is 3.51. The molecule has 1 aliphatic heterocycles. The van der Waals surface area contributed by atoms with Gasteiger partial charge < -0.3 is 4.90 Å². The zero-order valence-electron chi connectivity index (χ0n) is 16.3. The molecule has 0 bridgehead atoms. The van der Waals surface area contributed by atoms with E-state index in [1.54, 1.807) is 0 Å². The van der Waals surface area contributed by atoms with Crippen LogP contribution >= 0.6 is 0 Å². The molecule has 0 fully saturated rings. The molecule has 0 saturated carbocycles. The highest BCUT2D eigenvalue weighted by Crippen LogP contribution is 2.32. The van der Waals surface area contributed by atoms with Gasteiger partial charge in [0.25, 0.3) is 5.82 Å². The van der Waals surface area contributed by atoms with Gasteiger partial charge in [0.05, 0.1) is 13.2 Å². The van der Waals surface area contributed by atoms with Crippen molar-refractivity contribution in [1.82, 2.24) is 0 Å². The molecule has 2 heterocycles. The van der Waals surface area contributed by atoms with E-state index in [0.717, 1.165) is 6.42 Å². The summed E-state index contributed by atoms with van der Waals surface area (Å²) in [5.41, 5.74) is 4.31. The van der Waals surface area contributed by atoms with Crippen molar-refractivity contribution in [3.8, 4) is 0 Å². The maximum Gasteiger partial charge on any atom is 0.282 e. The molecule has 132 valence electrons. The number of rotatable bonds is 3. The second-order valence-corrected chi connectivity index (χ2v) is 8.27. The molecule has 3 rings (SSSR count). The van der Waals surface area contributed by atoms with E-state index in [-0.39, 0.29) is 6.17 Å². The molecule has 1 aliphatic rings. The Balaban J connectivity index is 1.90. The van der Waals surface area contributed by atoms with Crippen molar-refractivity contribution in [2.75, 3.05) is 9.80 Å². The summed E-state index contributed by atoms with van der Waals surface area (Å²) in [4.78, 5) is 4.68. The Morgan fingerprint density at radius 2 is 1.76 bits per heavy atom. The molecule has 0 N–H and O–H groups in total. The Labute approximate surface area is 152 Å². The van der Waals surface area contributed by atoms with Gasteiger partial charge in [0, 0.05) is 18.0 Å². The minimum absolute atomic E-state index is 0.247. The minimum atomic E-state index is 0.247. The molecular weight excluding hydrogens is 306 g/mol. The lowest BCUT2D eigenvalue weighted by Gasteiger charge is -2.27. The first-order valence-corrected chi connectivity index (χ1v) is 9.05. The third-order valence-corrected chi connectivity index (χ3v) is 4.77. The van der Waals surface area contributed by atoms with Crippen molar-refractivity contribution in [3.63, 3.8) is 0 Å². The number of aromatic nitrogens is 1.